The highest BCUT2D eigenvalue weighted by Gasteiger charge is 2.37. The number of likely N-dealkylation sites (tertiary alicyclic amines) is 1. The van der Waals surface area contributed by atoms with E-state index in [1.165, 1.54) is 38.5 Å². The van der Waals surface area contributed by atoms with Crippen molar-refractivity contribution in [1.29, 1.82) is 0 Å². The van der Waals surface area contributed by atoms with E-state index >= 15 is 0 Å². The molecule has 0 radical (unpaired) electrons. The summed E-state index contributed by atoms with van der Waals surface area (Å²) < 4.78 is 0. The molecule has 1 aliphatic carbocycles. The summed E-state index contributed by atoms with van der Waals surface area (Å²) in [4.78, 5) is 17.0. The zero-order chi connectivity index (χ0) is 15.1. The lowest BCUT2D eigenvalue weighted by atomic mass is 9.87. The van der Waals surface area contributed by atoms with Crippen molar-refractivity contribution < 1.29 is 4.79 Å². The van der Waals surface area contributed by atoms with E-state index in [4.69, 9.17) is 5.73 Å². The van der Waals surface area contributed by atoms with Crippen LogP contribution in [0.15, 0.2) is 0 Å². The molecule has 2 rings (SSSR count). The molecular formula is C17H33N3O. The average Bonchev–Trinajstić information content (AvgIpc) is 2.92. The van der Waals surface area contributed by atoms with Crippen LogP contribution in [0.2, 0.25) is 0 Å². The Morgan fingerprint density at radius 2 is 1.71 bits per heavy atom. The molecule has 1 saturated carbocycles. The summed E-state index contributed by atoms with van der Waals surface area (Å²) in [5, 5.41) is 0. The molecule has 0 atom stereocenters. The Labute approximate surface area is 130 Å². The van der Waals surface area contributed by atoms with Crippen LogP contribution in [0, 0.1) is 0 Å². The zero-order valence-corrected chi connectivity index (χ0v) is 13.8. The first-order valence-electron chi connectivity index (χ1n) is 8.95. The van der Waals surface area contributed by atoms with Crippen molar-refractivity contribution in [2.75, 3.05) is 32.7 Å². The zero-order valence-electron chi connectivity index (χ0n) is 13.8. The summed E-state index contributed by atoms with van der Waals surface area (Å²) in [6.45, 7) is 6.37. The van der Waals surface area contributed by atoms with Crippen LogP contribution in [0.5, 0.6) is 0 Å². The van der Waals surface area contributed by atoms with E-state index < -0.39 is 0 Å². The van der Waals surface area contributed by atoms with Gasteiger partial charge in [-0.25, -0.2) is 0 Å². The molecule has 2 aliphatic rings. The van der Waals surface area contributed by atoms with E-state index in [1.807, 2.05) is 4.90 Å². The van der Waals surface area contributed by atoms with E-state index in [9.17, 15) is 4.79 Å². The Hall–Kier alpha value is -0.610. The summed E-state index contributed by atoms with van der Waals surface area (Å²) in [7, 11) is 0. The second-order valence-corrected chi connectivity index (χ2v) is 6.85. The Kier molecular flexibility index (Phi) is 6.49. The molecule has 122 valence electrons. The van der Waals surface area contributed by atoms with Crippen LogP contribution >= 0.6 is 0 Å². The molecule has 1 amide bonds. The van der Waals surface area contributed by atoms with Gasteiger partial charge in [-0.15, -0.1) is 0 Å². The number of amides is 1. The Morgan fingerprint density at radius 1 is 1.10 bits per heavy atom. The van der Waals surface area contributed by atoms with Crippen LogP contribution in [0.4, 0.5) is 0 Å². The van der Waals surface area contributed by atoms with Gasteiger partial charge in [-0.2, -0.15) is 0 Å². The van der Waals surface area contributed by atoms with Gasteiger partial charge in [0.2, 0.25) is 5.91 Å². The molecule has 0 aromatic carbocycles. The predicted molar refractivity (Wildman–Crippen MR) is 87.2 cm³/mol. The Bertz CT molecular complexity index is 318. The highest BCUT2D eigenvalue weighted by molar-refractivity contribution is 5.78. The third-order valence-corrected chi connectivity index (χ3v) is 5.36. The second-order valence-electron chi connectivity index (χ2n) is 6.85. The van der Waals surface area contributed by atoms with Gasteiger partial charge in [-0.1, -0.05) is 32.6 Å². The molecule has 1 aliphatic heterocycles. The molecule has 1 saturated heterocycles. The van der Waals surface area contributed by atoms with Gasteiger partial charge in [0, 0.05) is 25.2 Å². The van der Waals surface area contributed by atoms with E-state index in [1.54, 1.807) is 0 Å². The van der Waals surface area contributed by atoms with E-state index in [0.29, 0.717) is 19.0 Å². The molecule has 0 aromatic rings. The van der Waals surface area contributed by atoms with Crippen LogP contribution in [0.25, 0.3) is 0 Å². The number of carbonyl (C=O) groups is 1. The minimum atomic E-state index is 0.0713. The highest BCUT2D eigenvalue weighted by atomic mass is 16.2. The largest absolute Gasteiger partial charge is 0.342 e. The predicted octanol–water partition coefficient (Wildman–Crippen LogP) is 2.37. The van der Waals surface area contributed by atoms with Crippen LogP contribution in [0.1, 0.15) is 64.7 Å². The van der Waals surface area contributed by atoms with Gasteiger partial charge in [0.1, 0.15) is 0 Å². The maximum Gasteiger partial charge on any atom is 0.236 e. The van der Waals surface area contributed by atoms with Gasteiger partial charge in [-0.05, 0) is 38.6 Å². The van der Waals surface area contributed by atoms with Gasteiger partial charge in [0.25, 0.3) is 0 Å². The molecule has 2 fully saturated rings. The quantitative estimate of drug-likeness (QED) is 0.765. The first-order chi connectivity index (χ1) is 10.2. The van der Waals surface area contributed by atoms with E-state index in [0.717, 1.165) is 38.9 Å². The van der Waals surface area contributed by atoms with Crippen molar-refractivity contribution in [2.24, 2.45) is 5.73 Å². The molecule has 0 aromatic heterocycles. The SMILES string of the molecule is CCCN(CC(=O)N1CCCC1)C1(CN)CCCCCC1. The minimum absolute atomic E-state index is 0.0713. The van der Waals surface area contributed by atoms with Crippen molar-refractivity contribution in [3.05, 3.63) is 0 Å². The molecule has 2 N–H and O–H groups in total. The molecule has 0 bridgehead atoms. The topological polar surface area (TPSA) is 49.6 Å². The van der Waals surface area contributed by atoms with Gasteiger partial charge in [0.05, 0.1) is 6.54 Å². The molecule has 0 unspecified atom stereocenters. The first kappa shape index (κ1) is 16.8. The summed E-state index contributed by atoms with van der Waals surface area (Å²) in [6.07, 6.45) is 10.9. The average molecular weight is 295 g/mol. The van der Waals surface area contributed by atoms with Crippen LogP contribution in [0.3, 0.4) is 0 Å². The van der Waals surface area contributed by atoms with Crippen LogP contribution in [-0.2, 0) is 4.79 Å². The summed E-state index contributed by atoms with van der Waals surface area (Å²) in [5.41, 5.74) is 6.27. The van der Waals surface area contributed by atoms with Crippen molar-refractivity contribution in [2.45, 2.75) is 70.3 Å². The maximum absolute atomic E-state index is 12.6. The Morgan fingerprint density at radius 3 is 2.24 bits per heavy atom. The van der Waals surface area contributed by atoms with Crippen molar-refractivity contribution in [3.63, 3.8) is 0 Å². The first-order valence-corrected chi connectivity index (χ1v) is 8.95. The molecule has 0 spiro atoms. The molecule has 1 heterocycles. The Balaban J connectivity index is 2.05. The smallest absolute Gasteiger partial charge is 0.236 e. The van der Waals surface area contributed by atoms with Gasteiger partial charge < -0.3 is 10.6 Å². The fourth-order valence-corrected chi connectivity index (χ4v) is 4.02. The van der Waals surface area contributed by atoms with Crippen molar-refractivity contribution in [1.82, 2.24) is 9.80 Å². The summed E-state index contributed by atoms with van der Waals surface area (Å²) >= 11 is 0. The third kappa shape index (κ3) is 4.19. The molecule has 21 heavy (non-hydrogen) atoms. The number of nitrogens with two attached hydrogens (primary N) is 1. The fraction of sp³-hybridized carbons (Fsp3) is 0.941. The van der Waals surface area contributed by atoms with Gasteiger partial charge in [-0.3, -0.25) is 9.69 Å². The second kappa shape index (κ2) is 8.14. The summed E-state index contributed by atoms with van der Waals surface area (Å²) in [5.74, 6) is 0.318. The summed E-state index contributed by atoms with van der Waals surface area (Å²) in [6, 6.07) is 0. The van der Waals surface area contributed by atoms with Crippen LogP contribution < -0.4 is 5.73 Å². The number of nitrogens with zero attached hydrogens (tertiary/aromatic N) is 2. The van der Waals surface area contributed by atoms with Gasteiger partial charge in [0.15, 0.2) is 0 Å². The van der Waals surface area contributed by atoms with Crippen molar-refractivity contribution >= 4 is 5.91 Å². The lowest BCUT2D eigenvalue weighted by molar-refractivity contribution is -0.133. The fourth-order valence-electron chi connectivity index (χ4n) is 4.02. The molecular weight excluding hydrogens is 262 g/mol. The normalized spacial score (nSPS) is 22.5. The van der Waals surface area contributed by atoms with E-state index in [2.05, 4.69) is 11.8 Å². The number of hydrogen-bond donors (Lipinski definition) is 1. The lowest BCUT2D eigenvalue weighted by Gasteiger charge is -2.43. The van der Waals surface area contributed by atoms with Gasteiger partial charge >= 0.3 is 0 Å². The third-order valence-electron chi connectivity index (χ3n) is 5.36. The highest BCUT2D eigenvalue weighted by Crippen LogP contribution is 2.32. The number of carbonyl (C=O) groups excluding carboxylic acids is 1. The lowest BCUT2D eigenvalue weighted by Crippen LogP contribution is -2.56. The number of rotatable bonds is 6. The van der Waals surface area contributed by atoms with Crippen LogP contribution in [-0.4, -0.2) is 54.0 Å². The van der Waals surface area contributed by atoms with Crippen molar-refractivity contribution in [3.8, 4) is 0 Å². The maximum atomic E-state index is 12.6. The molecule has 4 nitrogen and oxygen atoms in total. The minimum Gasteiger partial charge on any atom is -0.342 e. The molecule has 4 heteroatoms. The number of hydrogen-bond acceptors (Lipinski definition) is 3. The standard InChI is InChI=1S/C17H33N3O/c1-2-11-20(14-16(21)19-12-7-8-13-19)17(15-18)9-5-3-4-6-10-17/h2-15,18H2,1H3. The monoisotopic (exact) mass is 295 g/mol. The van der Waals surface area contributed by atoms with E-state index in [-0.39, 0.29) is 5.54 Å².